The van der Waals surface area contributed by atoms with Gasteiger partial charge in [0.15, 0.2) is 5.13 Å². The number of aromatic nitrogens is 3. The summed E-state index contributed by atoms with van der Waals surface area (Å²) in [4.78, 5) is 20.8. The number of amides is 2. The Labute approximate surface area is 208 Å². The molecule has 8 nitrogen and oxygen atoms in total. The Morgan fingerprint density at radius 1 is 1.18 bits per heavy atom. The molecule has 2 aliphatic rings. The quantitative estimate of drug-likeness (QED) is 0.509. The largest absolute Gasteiger partial charge is 0.379 e. The highest BCUT2D eigenvalue weighted by atomic mass is 32.2. The zero-order chi connectivity index (χ0) is 23.5. The minimum absolute atomic E-state index is 0.0399. The van der Waals surface area contributed by atoms with Crippen LogP contribution in [0, 0.1) is 6.92 Å². The highest BCUT2D eigenvalue weighted by molar-refractivity contribution is 8.00. The van der Waals surface area contributed by atoms with Gasteiger partial charge < -0.3 is 4.74 Å². The van der Waals surface area contributed by atoms with E-state index in [9.17, 15) is 4.79 Å². The fourth-order valence-electron chi connectivity index (χ4n) is 4.02. The molecule has 0 radical (unpaired) electrons. The van der Waals surface area contributed by atoms with Gasteiger partial charge in [0, 0.05) is 53.7 Å². The Bertz CT molecular complexity index is 1130. The fraction of sp³-hybridized carbons (Fsp3) is 0.458. The van der Waals surface area contributed by atoms with Gasteiger partial charge in [-0.15, -0.1) is 11.3 Å². The number of anilines is 2. The molecule has 2 N–H and O–H groups in total. The summed E-state index contributed by atoms with van der Waals surface area (Å²) in [7, 11) is 0. The lowest BCUT2D eigenvalue weighted by Gasteiger charge is -2.35. The molecule has 2 fully saturated rings. The molecule has 0 bridgehead atoms. The van der Waals surface area contributed by atoms with Crippen molar-refractivity contribution in [3.8, 4) is 5.69 Å². The number of hydrogen-bond donors (Lipinski definition) is 2. The van der Waals surface area contributed by atoms with Crippen LogP contribution in [-0.2, 0) is 16.6 Å². The number of nitrogens with one attached hydrogen (secondary N) is 2. The summed E-state index contributed by atoms with van der Waals surface area (Å²) in [5, 5.41) is 11.4. The van der Waals surface area contributed by atoms with Gasteiger partial charge in [-0.25, -0.2) is 14.5 Å². The molecule has 0 spiro atoms. The number of nitrogens with zero attached hydrogens (tertiary/aromatic N) is 4. The van der Waals surface area contributed by atoms with Crippen molar-refractivity contribution in [2.24, 2.45) is 0 Å². The third kappa shape index (κ3) is 5.30. The summed E-state index contributed by atoms with van der Waals surface area (Å²) in [6.45, 7) is 8.81. The topological polar surface area (TPSA) is 84.3 Å². The number of aryl methyl sites for hydroxylation is 1. The molecule has 5 rings (SSSR count). The van der Waals surface area contributed by atoms with Crippen molar-refractivity contribution < 1.29 is 9.53 Å². The van der Waals surface area contributed by atoms with Gasteiger partial charge in [-0.1, -0.05) is 24.6 Å². The highest BCUT2D eigenvalue weighted by Crippen LogP contribution is 2.40. The van der Waals surface area contributed by atoms with Crippen LogP contribution in [0.3, 0.4) is 0 Å². The number of rotatable bonds is 7. The average Bonchev–Trinajstić information content (AvgIpc) is 3.44. The van der Waals surface area contributed by atoms with Crippen molar-refractivity contribution in [2.45, 2.75) is 25.7 Å². The second kappa shape index (κ2) is 10.1. The van der Waals surface area contributed by atoms with Crippen LogP contribution in [-0.4, -0.2) is 70.0 Å². The second-order valence-electron chi connectivity index (χ2n) is 9.13. The first-order valence-electron chi connectivity index (χ1n) is 11.6. The van der Waals surface area contributed by atoms with Crippen molar-refractivity contribution >= 4 is 40.1 Å². The summed E-state index contributed by atoms with van der Waals surface area (Å²) < 4.78 is 7.22. The van der Waals surface area contributed by atoms with Gasteiger partial charge in [0.1, 0.15) is 5.82 Å². The summed E-state index contributed by atoms with van der Waals surface area (Å²) >= 11 is 3.44. The van der Waals surface area contributed by atoms with Gasteiger partial charge in [-0.3, -0.25) is 15.5 Å². The number of hydrogen-bond acceptors (Lipinski definition) is 7. The molecule has 2 aromatic heterocycles. The fourth-order valence-corrected chi connectivity index (χ4v) is 5.93. The Hall–Kier alpha value is -2.40. The minimum atomic E-state index is -0.318. The molecule has 1 aromatic carbocycles. The van der Waals surface area contributed by atoms with Crippen molar-refractivity contribution in [1.29, 1.82) is 0 Å². The van der Waals surface area contributed by atoms with Gasteiger partial charge in [-0.2, -0.15) is 16.9 Å². The number of thiazole rings is 1. The standard InChI is InChI=1S/C24H30N6O2S2/c1-17-3-5-18(6-4-17)30-21(13-20(28-30)24(2)15-33-16-24)26-22(31)27-23-25-14-19(34-23)7-8-29-9-11-32-12-10-29/h3-6,13-14H,7-12,15-16H2,1-2H3,(H2,25,26,27,31). The number of benzene rings is 1. The van der Waals surface area contributed by atoms with E-state index in [-0.39, 0.29) is 11.4 Å². The maximum absolute atomic E-state index is 12.9. The van der Waals surface area contributed by atoms with E-state index in [4.69, 9.17) is 9.84 Å². The Morgan fingerprint density at radius 3 is 2.65 bits per heavy atom. The SMILES string of the molecule is Cc1ccc(-n2nc(C3(C)CSC3)cc2NC(=O)Nc2ncc(CCN3CCOCC3)s2)cc1. The van der Waals surface area contributed by atoms with E-state index in [2.05, 4.69) is 46.5 Å². The zero-order valence-electron chi connectivity index (χ0n) is 19.5. The van der Waals surface area contributed by atoms with E-state index >= 15 is 0 Å². The maximum atomic E-state index is 12.9. The van der Waals surface area contributed by atoms with Crippen LogP contribution in [0.1, 0.15) is 23.1 Å². The first kappa shape index (κ1) is 23.3. The first-order valence-corrected chi connectivity index (χ1v) is 13.5. The zero-order valence-corrected chi connectivity index (χ0v) is 21.2. The van der Waals surface area contributed by atoms with Crippen molar-refractivity contribution in [1.82, 2.24) is 19.7 Å². The Morgan fingerprint density at radius 2 is 1.94 bits per heavy atom. The summed E-state index contributed by atoms with van der Waals surface area (Å²) in [6, 6.07) is 9.82. The monoisotopic (exact) mass is 498 g/mol. The lowest BCUT2D eigenvalue weighted by atomic mass is 9.91. The average molecular weight is 499 g/mol. The molecule has 2 saturated heterocycles. The molecule has 2 amide bonds. The first-order chi connectivity index (χ1) is 16.5. The predicted molar refractivity (Wildman–Crippen MR) is 139 cm³/mol. The highest BCUT2D eigenvalue weighted by Gasteiger charge is 2.37. The van der Waals surface area contributed by atoms with Crippen LogP contribution < -0.4 is 10.6 Å². The molecule has 0 unspecified atom stereocenters. The van der Waals surface area contributed by atoms with Gasteiger partial charge in [0.05, 0.1) is 24.6 Å². The van der Waals surface area contributed by atoms with Crippen LogP contribution in [0.25, 0.3) is 5.69 Å². The molecule has 0 saturated carbocycles. The predicted octanol–water partition coefficient (Wildman–Crippen LogP) is 4.16. The van der Waals surface area contributed by atoms with Gasteiger partial charge >= 0.3 is 6.03 Å². The van der Waals surface area contributed by atoms with Crippen LogP contribution in [0.15, 0.2) is 36.5 Å². The summed E-state index contributed by atoms with van der Waals surface area (Å²) in [5.41, 5.74) is 3.14. The summed E-state index contributed by atoms with van der Waals surface area (Å²) in [5.74, 6) is 2.73. The van der Waals surface area contributed by atoms with E-state index in [1.807, 2.05) is 40.8 Å². The number of urea groups is 1. The van der Waals surface area contributed by atoms with E-state index in [1.54, 1.807) is 0 Å². The molecule has 2 aliphatic heterocycles. The lowest BCUT2D eigenvalue weighted by molar-refractivity contribution is 0.0385. The van der Waals surface area contributed by atoms with Crippen molar-refractivity contribution in [3.63, 3.8) is 0 Å². The third-order valence-electron chi connectivity index (χ3n) is 6.24. The smallest absolute Gasteiger partial charge is 0.326 e. The molecule has 4 heterocycles. The summed E-state index contributed by atoms with van der Waals surface area (Å²) in [6.07, 6.45) is 2.77. The van der Waals surface area contributed by atoms with Gasteiger partial charge in [0.25, 0.3) is 0 Å². The number of ether oxygens (including phenoxy) is 1. The van der Waals surface area contributed by atoms with Crippen LogP contribution in [0.5, 0.6) is 0 Å². The lowest BCUT2D eigenvalue weighted by Crippen LogP contribution is -2.37. The molecule has 0 aliphatic carbocycles. The Balaban J connectivity index is 1.26. The number of morpholine rings is 1. The Kier molecular flexibility index (Phi) is 6.91. The van der Waals surface area contributed by atoms with E-state index in [0.717, 1.165) is 67.0 Å². The van der Waals surface area contributed by atoms with Crippen LogP contribution >= 0.6 is 23.1 Å². The number of thioether (sulfide) groups is 1. The van der Waals surface area contributed by atoms with Crippen molar-refractivity contribution in [2.75, 3.05) is 55.0 Å². The van der Waals surface area contributed by atoms with Crippen LogP contribution in [0.4, 0.5) is 15.7 Å². The molecular weight excluding hydrogens is 468 g/mol. The molecule has 0 atom stereocenters. The van der Waals surface area contributed by atoms with Crippen molar-refractivity contribution in [3.05, 3.63) is 52.7 Å². The molecule has 10 heteroatoms. The van der Waals surface area contributed by atoms with E-state index in [0.29, 0.717) is 10.9 Å². The van der Waals surface area contributed by atoms with Gasteiger partial charge in [0.2, 0.25) is 0 Å². The maximum Gasteiger partial charge on any atom is 0.326 e. The number of carbonyl (C=O) groups excluding carboxylic acids is 1. The van der Waals surface area contributed by atoms with Gasteiger partial charge in [-0.05, 0) is 25.5 Å². The molecule has 3 aromatic rings. The van der Waals surface area contributed by atoms with E-state index in [1.165, 1.54) is 16.9 Å². The second-order valence-corrected chi connectivity index (χ2v) is 11.2. The minimum Gasteiger partial charge on any atom is -0.379 e. The third-order valence-corrected chi connectivity index (χ3v) is 8.90. The molecule has 34 heavy (non-hydrogen) atoms. The molecule has 180 valence electrons. The molecular formula is C24H30N6O2S2. The normalized spacial score (nSPS) is 17.8. The van der Waals surface area contributed by atoms with Crippen LogP contribution in [0.2, 0.25) is 0 Å². The van der Waals surface area contributed by atoms with E-state index < -0.39 is 0 Å². The number of carbonyl (C=O) groups is 1.